The molecule has 0 radical (unpaired) electrons. The van der Waals surface area contributed by atoms with E-state index in [0.717, 1.165) is 22.3 Å². The van der Waals surface area contributed by atoms with Crippen molar-refractivity contribution in [2.75, 3.05) is 6.61 Å². The highest BCUT2D eigenvalue weighted by Crippen LogP contribution is 2.44. The molecule has 0 N–H and O–H groups in total. The lowest BCUT2D eigenvalue weighted by atomic mass is 9.98. The zero-order chi connectivity index (χ0) is 20.7. The first kappa shape index (κ1) is 18.9. The molecule has 0 aliphatic heterocycles. The second-order valence-electron chi connectivity index (χ2n) is 6.29. The van der Waals surface area contributed by atoms with E-state index in [0.29, 0.717) is 0 Å². The Labute approximate surface area is 161 Å². The Bertz CT molecular complexity index is 1050. The van der Waals surface area contributed by atoms with Crippen molar-refractivity contribution >= 4 is 6.16 Å². The van der Waals surface area contributed by atoms with Crippen molar-refractivity contribution in [3.8, 4) is 16.9 Å². The molecule has 1 aliphatic carbocycles. The molecule has 0 heterocycles. The van der Waals surface area contributed by atoms with Crippen molar-refractivity contribution in [3.05, 3.63) is 88.7 Å². The van der Waals surface area contributed by atoms with Gasteiger partial charge in [-0.25, -0.2) is 18.0 Å². The lowest BCUT2D eigenvalue weighted by Crippen LogP contribution is -2.18. The van der Waals surface area contributed by atoms with Gasteiger partial charge in [0.2, 0.25) is 34.8 Å². The molecule has 1 aliphatic rings. The Morgan fingerprint density at radius 1 is 0.724 bits per heavy atom. The van der Waals surface area contributed by atoms with E-state index >= 15 is 0 Å². The molecule has 0 unspecified atom stereocenters. The Morgan fingerprint density at radius 2 is 1.17 bits per heavy atom. The summed E-state index contributed by atoms with van der Waals surface area (Å²) in [6.45, 7) is -0.248. The minimum atomic E-state index is -2.35. The Morgan fingerprint density at radius 3 is 1.69 bits per heavy atom. The minimum Gasteiger partial charge on any atom is -0.433 e. The molecule has 0 atom stereocenters. The summed E-state index contributed by atoms with van der Waals surface area (Å²) in [5.74, 6) is -13.4. The Hall–Kier alpha value is -3.42. The van der Waals surface area contributed by atoms with E-state index in [1.807, 2.05) is 48.5 Å². The molecular formula is C21H11F5O3. The molecule has 0 bridgehead atoms. The largest absolute Gasteiger partial charge is 0.514 e. The van der Waals surface area contributed by atoms with Gasteiger partial charge in [0.1, 0.15) is 6.61 Å². The summed E-state index contributed by atoms with van der Waals surface area (Å²) >= 11 is 0. The SMILES string of the molecule is O=C(OCC1c2ccccc2-c2ccccc21)Oc1c(F)c(F)c(F)c(F)c1F. The molecule has 0 aromatic heterocycles. The molecule has 0 saturated carbocycles. The molecule has 3 aromatic rings. The number of hydrogen-bond donors (Lipinski definition) is 0. The highest BCUT2D eigenvalue weighted by atomic mass is 19.2. The highest BCUT2D eigenvalue weighted by molar-refractivity contribution is 5.79. The molecule has 148 valence electrons. The van der Waals surface area contributed by atoms with Crippen LogP contribution in [0.4, 0.5) is 26.7 Å². The topological polar surface area (TPSA) is 35.5 Å². The molecule has 0 fully saturated rings. The summed E-state index contributed by atoms with van der Waals surface area (Å²) in [5.41, 5.74) is 3.64. The average Bonchev–Trinajstić information content (AvgIpc) is 3.06. The number of carbonyl (C=O) groups is 1. The fourth-order valence-corrected chi connectivity index (χ4v) is 3.38. The number of ether oxygens (including phenoxy) is 2. The molecule has 4 rings (SSSR count). The first-order valence-electron chi connectivity index (χ1n) is 8.44. The van der Waals surface area contributed by atoms with Crippen molar-refractivity contribution in [2.24, 2.45) is 0 Å². The smallest absolute Gasteiger partial charge is 0.433 e. The summed E-state index contributed by atoms with van der Waals surface area (Å²) in [6, 6.07) is 14.8. The molecule has 0 spiro atoms. The summed E-state index contributed by atoms with van der Waals surface area (Å²) in [4.78, 5) is 11.9. The number of halogens is 5. The van der Waals surface area contributed by atoms with Crippen LogP contribution in [0.3, 0.4) is 0 Å². The Kier molecular flexibility index (Phi) is 4.70. The Balaban J connectivity index is 1.55. The van der Waals surface area contributed by atoms with Gasteiger partial charge in [0, 0.05) is 5.92 Å². The predicted octanol–water partition coefficient (Wildman–Crippen LogP) is 5.71. The van der Waals surface area contributed by atoms with E-state index in [1.165, 1.54) is 0 Å². The van der Waals surface area contributed by atoms with Crippen LogP contribution in [0.15, 0.2) is 48.5 Å². The average molecular weight is 406 g/mol. The first-order valence-corrected chi connectivity index (χ1v) is 8.44. The standard InChI is InChI=1S/C21H11F5O3/c22-15-16(23)18(25)20(19(26)17(15)24)29-21(27)28-9-14-12-7-3-1-5-10(12)11-6-2-4-8-13(11)14/h1-8,14H,9H2. The lowest BCUT2D eigenvalue weighted by Gasteiger charge is -2.14. The molecule has 0 amide bonds. The van der Waals surface area contributed by atoms with E-state index in [1.54, 1.807) is 0 Å². The molecule has 3 aromatic carbocycles. The van der Waals surface area contributed by atoms with Gasteiger partial charge in [0.05, 0.1) is 0 Å². The summed E-state index contributed by atoms with van der Waals surface area (Å²) in [7, 11) is 0. The zero-order valence-corrected chi connectivity index (χ0v) is 14.5. The van der Waals surface area contributed by atoms with Crippen LogP contribution in [0.5, 0.6) is 5.75 Å². The van der Waals surface area contributed by atoms with Gasteiger partial charge in [-0.1, -0.05) is 48.5 Å². The van der Waals surface area contributed by atoms with Gasteiger partial charge in [0.25, 0.3) is 0 Å². The van der Waals surface area contributed by atoms with Gasteiger partial charge in [0.15, 0.2) is 0 Å². The quantitative estimate of drug-likeness (QED) is 0.184. The van der Waals surface area contributed by atoms with Gasteiger partial charge in [-0.3, -0.25) is 0 Å². The number of carbonyl (C=O) groups excluding carboxylic acids is 1. The van der Waals surface area contributed by atoms with Crippen LogP contribution in [0.25, 0.3) is 11.1 Å². The lowest BCUT2D eigenvalue weighted by molar-refractivity contribution is 0.0924. The fraction of sp³-hybridized carbons (Fsp3) is 0.0952. The van der Waals surface area contributed by atoms with E-state index in [-0.39, 0.29) is 12.5 Å². The van der Waals surface area contributed by atoms with Crippen LogP contribution in [-0.4, -0.2) is 12.8 Å². The summed E-state index contributed by atoms with van der Waals surface area (Å²) < 4.78 is 76.0. The van der Waals surface area contributed by atoms with Crippen LogP contribution in [0.2, 0.25) is 0 Å². The third kappa shape index (κ3) is 3.10. The van der Waals surface area contributed by atoms with Crippen LogP contribution in [0.1, 0.15) is 17.0 Å². The van der Waals surface area contributed by atoms with Gasteiger partial charge in [-0.2, -0.15) is 8.78 Å². The second kappa shape index (κ2) is 7.20. The maximum atomic E-state index is 13.6. The third-order valence-corrected chi connectivity index (χ3v) is 4.69. The maximum absolute atomic E-state index is 13.6. The van der Waals surface area contributed by atoms with Gasteiger partial charge in [-0.05, 0) is 22.3 Å². The van der Waals surface area contributed by atoms with Crippen molar-refractivity contribution in [1.29, 1.82) is 0 Å². The van der Waals surface area contributed by atoms with E-state index < -0.39 is 41.0 Å². The van der Waals surface area contributed by atoms with Gasteiger partial charge >= 0.3 is 6.16 Å². The third-order valence-electron chi connectivity index (χ3n) is 4.69. The maximum Gasteiger partial charge on any atom is 0.514 e. The number of hydrogen-bond acceptors (Lipinski definition) is 3. The molecular weight excluding hydrogens is 395 g/mol. The van der Waals surface area contributed by atoms with Crippen molar-refractivity contribution in [1.82, 2.24) is 0 Å². The highest BCUT2D eigenvalue weighted by Gasteiger charge is 2.31. The summed E-state index contributed by atoms with van der Waals surface area (Å²) in [5, 5.41) is 0. The monoisotopic (exact) mass is 406 g/mol. The van der Waals surface area contributed by atoms with Crippen LogP contribution in [0, 0.1) is 29.1 Å². The van der Waals surface area contributed by atoms with Crippen molar-refractivity contribution in [2.45, 2.75) is 5.92 Å². The molecule has 0 saturated heterocycles. The van der Waals surface area contributed by atoms with Crippen LogP contribution in [-0.2, 0) is 4.74 Å². The summed E-state index contributed by atoms with van der Waals surface area (Å²) in [6.07, 6.45) is -1.59. The first-order chi connectivity index (χ1) is 13.9. The second-order valence-corrected chi connectivity index (χ2v) is 6.29. The molecule has 8 heteroatoms. The van der Waals surface area contributed by atoms with E-state index in [9.17, 15) is 26.7 Å². The molecule has 29 heavy (non-hydrogen) atoms. The van der Waals surface area contributed by atoms with Crippen molar-refractivity contribution < 1.29 is 36.2 Å². The van der Waals surface area contributed by atoms with Gasteiger partial charge in [-0.15, -0.1) is 0 Å². The van der Waals surface area contributed by atoms with Crippen LogP contribution < -0.4 is 4.74 Å². The van der Waals surface area contributed by atoms with Crippen LogP contribution >= 0.6 is 0 Å². The predicted molar refractivity (Wildman–Crippen MR) is 91.9 cm³/mol. The van der Waals surface area contributed by atoms with Gasteiger partial charge < -0.3 is 9.47 Å². The van der Waals surface area contributed by atoms with E-state index in [2.05, 4.69) is 4.74 Å². The number of fused-ring (bicyclic) bond motifs is 3. The minimum absolute atomic E-state index is 0.248. The molecule has 3 nitrogen and oxygen atoms in total. The normalized spacial score (nSPS) is 12.4. The fourth-order valence-electron chi connectivity index (χ4n) is 3.38. The number of benzene rings is 3. The zero-order valence-electron chi connectivity index (χ0n) is 14.5. The van der Waals surface area contributed by atoms with Crippen molar-refractivity contribution in [3.63, 3.8) is 0 Å². The number of rotatable bonds is 3. The van der Waals surface area contributed by atoms with E-state index in [4.69, 9.17) is 4.74 Å².